The van der Waals surface area contributed by atoms with Gasteiger partial charge in [0.15, 0.2) is 0 Å². The van der Waals surface area contributed by atoms with Gasteiger partial charge in [0.2, 0.25) is 0 Å². The van der Waals surface area contributed by atoms with Gasteiger partial charge < -0.3 is 10.4 Å². The van der Waals surface area contributed by atoms with Gasteiger partial charge in [-0.05, 0) is 26.0 Å². The van der Waals surface area contributed by atoms with Crippen molar-refractivity contribution in [3.63, 3.8) is 0 Å². The van der Waals surface area contributed by atoms with Crippen LogP contribution in [0.3, 0.4) is 0 Å². The van der Waals surface area contributed by atoms with Gasteiger partial charge in [-0.25, -0.2) is 0 Å². The molecule has 3 heteroatoms. The Hall–Kier alpha value is -1.77. The molecule has 0 aliphatic carbocycles. The molecule has 0 aliphatic rings. The van der Waals surface area contributed by atoms with Gasteiger partial charge in [-0.15, -0.1) is 0 Å². The Morgan fingerprint density at radius 1 is 1.40 bits per heavy atom. The van der Waals surface area contributed by atoms with Crippen LogP contribution < -0.4 is 5.32 Å². The number of rotatable bonds is 3. The Kier molecular flexibility index (Phi) is 3.92. The molecule has 3 nitrogen and oxygen atoms in total. The summed E-state index contributed by atoms with van der Waals surface area (Å²) in [5.41, 5.74) is 1.45. The SMILES string of the molecule is CC(C)=CCNC(=O)c1ccccc1O. The van der Waals surface area contributed by atoms with Gasteiger partial charge in [-0.1, -0.05) is 23.8 Å². The highest BCUT2D eigenvalue weighted by Gasteiger charge is 2.07. The number of hydrogen-bond acceptors (Lipinski definition) is 2. The van der Waals surface area contributed by atoms with Crippen molar-refractivity contribution in [2.45, 2.75) is 13.8 Å². The van der Waals surface area contributed by atoms with Crippen molar-refractivity contribution in [1.29, 1.82) is 0 Å². The van der Waals surface area contributed by atoms with Crippen LogP contribution in [0.15, 0.2) is 35.9 Å². The van der Waals surface area contributed by atoms with E-state index in [1.54, 1.807) is 18.2 Å². The molecule has 0 heterocycles. The predicted octanol–water partition coefficient (Wildman–Crippen LogP) is 2.09. The van der Waals surface area contributed by atoms with Crippen LogP contribution in [0.4, 0.5) is 0 Å². The third kappa shape index (κ3) is 3.46. The monoisotopic (exact) mass is 205 g/mol. The molecule has 0 saturated carbocycles. The number of phenolic OH excluding ortho intramolecular Hbond substituents is 1. The quantitative estimate of drug-likeness (QED) is 0.742. The summed E-state index contributed by atoms with van der Waals surface area (Å²) in [5.74, 6) is -0.252. The van der Waals surface area contributed by atoms with E-state index in [9.17, 15) is 9.90 Å². The van der Waals surface area contributed by atoms with E-state index in [0.717, 1.165) is 5.57 Å². The molecule has 0 radical (unpaired) electrons. The summed E-state index contributed by atoms with van der Waals surface area (Å²) >= 11 is 0. The fraction of sp³-hybridized carbons (Fsp3) is 0.250. The fourth-order valence-electron chi connectivity index (χ4n) is 1.11. The first-order valence-corrected chi connectivity index (χ1v) is 4.81. The van der Waals surface area contributed by atoms with Crippen LogP contribution >= 0.6 is 0 Å². The van der Waals surface area contributed by atoms with Gasteiger partial charge in [0.1, 0.15) is 5.75 Å². The lowest BCUT2D eigenvalue weighted by atomic mass is 10.2. The predicted molar refractivity (Wildman–Crippen MR) is 59.9 cm³/mol. The standard InChI is InChI=1S/C12H15NO2/c1-9(2)7-8-13-12(15)10-5-3-4-6-11(10)14/h3-7,14H,8H2,1-2H3,(H,13,15). The molecule has 15 heavy (non-hydrogen) atoms. The summed E-state index contributed by atoms with van der Waals surface area (Å²) in [4.78, 5) is 11.5. The van der Waals surface area contributed by atoms with Gasteiger partial charge in [0, 0.05) is 6.54 Å². The van der Waals surface area contributed by atoms with E-state index in [4.69, 9.17) is 0 Å². The summed E-state index contributed by atoms with van der Waals surface area (Å²) in [5, 5.41) is 12.1. The molecular formula is C12H15NO2. The maximum atomic E-state index is 11.5. The lowest BCUT2D eigenvalue weighted by Gasteiger charge is -2.04. The number of amides is 1. The summed E-state index contributed by atoms with van der Waals surface area (Å²) in [6.07, 6.45) is 1.91. The number of carbonyl (C=O) groups is 1. The van der Waals surface area contributed by atoms with E-state index in [2.05, 4.69) is 5.32 Å². The molecule has 80 valence electrons. The largest absolute Gasteiger partial charge is 0.507 e. The zero-order valence-corrected chi connectivity index (χ0v) is 8.95. The molecule has 0 atom stereocenters. The Labute approximate surface area is 89.4 Å². The number of para-hydroxylation sites is 1. The van der Waals surface area contributed by atoms with E-state index in [1.807, 2.05) is 19.9 Å². The van der Waals surface area contributed by atoms with Crippen LogP contribution in [0.25, 0.3) is 0 Å². The second-order valence-electron chi connectivity index (χ2n) is 3.51. The number of aromatic hydroxyl groups is 1. The highest BCUT2D eigenvalue weighted by atomic mass is 16.3. The van der Waals surface area contributed by atoms with Gasteiger partial charge >= 0.3 is 0 Å². The van der Waals surface area contributed by atoms with Crippen LogP contribution in [0.1, 0.15) is 24.2 Å². The number of hydrogen-bond donors (Lipinski definition) is 2. The molecule has 0 fully saturated rings. The maximum absolute atomic E-state index is 11.5. The Balaban J connectivity index is 2.62. The molecule has 0 aromatic heterocycles. The molecule has 1 aromatic carbocycles. The van der Waals surface area contributed by atoms with Gasteiger partial charge in [0.25, 0.3) is 5.91 Å². The lowest BCUT2D eigenvalue weighted by Crippen LogP contribution is -2.23. The molecule has 0 unspecified atom stereocenters. The van der Waals surface area contributed by atoms with Crippen molar-refractivity contribution < 1.29 is 9.90 Å². The summed E-state index contributed by atoms with van der Waals surface area (Å²) < 4.78 is 0. The fourth-order valence-corrected chi connectivity index (χ4v) is 1.11. The van der Waals surface area contributed by atoms with E-state index in [-0.39, 0.29) is 11.7 Å². The summed E-state index contributed by atoms with van der Waals surface area (Å²) in [6, 6.07) is 6.49. The smallest absolute Gasteiger partial charge is 0.255 e. The van der Waals surface area contributed by atoms with E-state index >= 15 is 0 Å². The molecular weight excluding hydrogens is 190 g/mol. The van der Waals surface area contributed by atoms with Crippen LogP contribution in [-0.2, 0) is 0 Å². The topological polar surface area (TPSA) is 49.3 Å². The number of phenols is 1. The molecule has 0 aliphatic heterocycles. The van der Waals surface area contributed by atoms with Crippen molar-refractivity contribution in [1.82, 2.24) is 5.32 Å². The molecule has 0 spiro atoms. The average Bonchev–Trinajstić information content (AvgIpc) is 2.17. The van der Waals surface area contributed by atoms with Crippen molar-refractivity contribution in [3.05, 3.63) is 41.5 Å². The van der Waals surface area contributed by atoms with Crippen molar-refractivity contribution in [3.8, 4) is 5.75 Å². The second kappa shape index (κ2) is 5.20. The minimum Gasteiger partial charge on any atom is -0.507 e. The van der Waals surface area contributed by atoms with E-state index in [0.29, 0.717) is 12.1 Å². The lowest BCUT2D eigenvalue weighted by molar-refractivity contribution is 0.0955. The molecule has 0 bridgehead atoms. The first kappa shape index (κ1) is 11.3. The summed E-state index contributed by atoms with van der Waals surface area (Å²) in [6.45, 7) is 4.41. The molecule has 1 rings (SSSR count). The van der Waals surface area contributed by atoms with Crippen molar-refractivity contribution >= 4 is 5.91 Å². The third-order valence-electron chi connectivity index (χ3n) is 1.92. The van der Waals surface area contributed by atoms with Crippen LogP contribution in [-0.4, -0.2) is 17.6 Å². The first-order valence-electron chi connectivity index (χ1n) is 4.81. The Morgan fingerprint density at radius 3 is 2.67 bits per heavy atom. The first-order chi connectivity index (χ1) is 7.11. The van der Waals surface area contributed by atoms with Gasteiger partial charge in [-0.3, -0.25) is 4.79 Å². The zero-order valence-electron chi connectivity index (χ0n) is 8.95. The average molecular weight is 205 g/mol. The molecule has 2 N–H and O–H groups in total. The number of carbonyl (C=O) groups excluding carboxylic acids is 1. The molecule has 1 aromatic rings. The maximum Gasteiger partial charge on any atom is 0.255 e. The minimum absolute atomic E-state index is 0.00667. The van der Waals surface area contributed by atoms with Crippen molar-refractivity contribution in [2.75, 3.05) is 6.54 Å². The minimum atomic E-state index is -0.259. The third-order valence-corrected chi connectivity index (χ3v) is 1.92. The number of benzene rings is 1. The number of allylic oxidation sites excluding steroid dienone is 1. The van der Waals surface area contributed by atoms with Gasteiger partial charge in [-0.2, -0.15) is 0 Å². The van der Waals surface area contributed by atoms with Crippen LogP contribution in [0.2, 0.25) is 0 Å². The highest BCUT2D eigenvalue weighted by molar-refractivity contribution is 5.96. The Bertz CT molecular complexity index is 379. The highest BCUT2D eigenvalue weighted by Crippen LogP contribution is 2.14. The van der Waals surface area contributed by atoms with Crippen molar-refractivity contribution in [2.24, 2.45) is 0 Å². The second-order valence-corrected chi connectivity index (χ2v) is 3.51. The van der Waals surface area contributed by atoms with Crippen LogP contribution in [0, 0.1) is 0 Å². The number of nitrogens with one attached hydrogen (secondary N) is 1. The van der Waals surface area contributed by atoms with E-state index in [1.165, 1.54) is 6.07 Å². The van der Waals surface area contributed by atoms with Crippen LogP contribution in [0.5, 0.6) is 5.75 Å². The van der Waals surface area contributed by atoms with Gasteiger partial charge in [0.05, 0.1) is 5.56 Å². The normalized spacial score (nSPS) is 9.47. The summed E-state index contributed by atoms with van der Waals surface area (Å²) in [7, 11) is 0. The molecule has 0 saturated heterocycles. The Morgan fingerprint density at radius 2 is 2.07 bits per heavy atom. The van der Waals surface area contributed by atoms with E-state index < -0.39 is 0 Å². The molecule has 1 amide bonds. The zero-order chi connectivity index (χ0) is 11.3.